The molecule has 118 valence electrons. The molecule has 0 spiro atoms. The van der Waals surface area contributed by atoms with Crippen molar-refractivity contribution in [1.82, 2.24) is 5.16 Å². The van der Waals surface area contributed by atoms with Crippen molar-refractivity contribution in [1.29, 1.82) is 0 Å². The average molecular weight is 330 g/mol. The number of benzene rings is 1. The zero-order valence-corrected chi connectivity index (χ0v) is 13.4. The predicted octanol–water partition coefficient (Wildman–Crippen LogP) is 3.63. The van der Waals surface area contributed by atoms with Crippen LogP contribution < -0.4 is 5.32 Å². The highest BCUT2D eigenvalue weighted by Crippen LogP contribution is 2.36. The Kier molecular flexibility index (Phi) is 4.12. The van der Waals surface area contributed by atoms with Gasteiger partial charge in [0.15, 0.2) is 5.69 Å². The van der Waals surface area contributed by atoms with Crippen LogP contribution in [0, 0.1) is 6.92 Å². The Labute approximate surface area is 136 Å². The van der Waals surface area contributed by atoms with Crippen LogP contribution in [0.2, 0.25) is 0 Å². The molecular weight excluding hydrogens is 316 g/mol. The van der Waals surface area contributed by atoms with Crippen LogP contribution in [0.4, 0.5) is 5.00 Å². The standard InChI is InChI=1S/C16H14N2O4S/c1-3-21-16(20)13-10-6-4-5-7-12(10)23-15(13)17-14(19)11-8-9(2)22-18-11/h4-8H,3H2,1-2H3,(H,17,19). The highest BCUT2D eigenvalue weighted by molar-refractivity contribution is 7.23. The van der Waals surface area contributed by atoms with Crippen molar-refractivity contribution in [3.05, 3.63) is 47.3 Å². The quantitative estimate of drug-likeness (QED) is 0.739. The molecule has 7 heteroatoms. The number of carbonyl (C=O) groups excluding carboxylic acids is 2. The lowest BCUT2D eigenvalue weighted by Gasteiger charge is -2.05. The Morgan fingerprint density at radius 3 is 2.83 bits per heavy atom. The number of ether oxygens (including phenoxy) is 1. The molecule has 0 radical (unpaired) electrons. The second-order valence-corrected chi connectivity index (χ2v) is 5.85. The van der Waals surface area contributed by atoms with Crippen LogP contribution in [0.1, 0.15) is 33.5 Å². The lowest BCUT2D eigenvalue weighted by molar-refractivity contribution is 0.0530. The second-order valence-electron chi connectivity index (χ2n) is 4.80. The molecule has 1 amide bonds. The van der Waals surface area contributed by atoms with E-state index in [1.807, 2.05) is 24.3 Å². The maximum absolute atomic E-state index is 12.3. The maximum atomic E-state index is 12.3. The number of carbonyl (C=O) groups is 2. The molecule has 0 saturated heterocycles. The number of amides is 1. The van der Waals surface area contributed by atoms with Crippen LogP contribution in [0.5, 0.6) is 0 Å². The topological polar surface area (TPSA) is 81.4 Å². The van der Waals surface area contributed by atoms with E-state index in [-0.39, 0.29) is 12.3 Å². The van der Waals surface area contributed by atoms with Gasteiger partial charge in [-0.25, -0.2) is 4.79 Å². The van der Waals surface area contributed by atoms with Crippen LogP contribution in [0.25, 0.3) is 10.1 Å². The predicted molar refractivity (Wildman–Crippen MR) is 87.0 cm³/mol. The lowest BCUT2D eigenvalue weighted by atomic mass is 10.1. The van der Waals surface area contributed by atoms with Crippen molar-refractivity contribution in [2.45, 2.75) is 13.8 Å². The zero-order valence-electron chi connectivity index (χ0n) is 12.6. The molecule has 0 unspecified atom stereocenters. The van der Waals surface area contributed by atoms with Crippen LogP contribution in [0.3, 0.4) is 0 Å². The Balaban J connectivity index is 2.00. The van der Waals surface area contributed by atoms with E-state index < -0.39 is 11.9 Å². The number of fused-ring (bicyclic) bond motifs is 1. The third-order valence-corrected chi connectivity index (χ3v) is 4.25. The first-order chi connectivity index (χ1) is 11.1. The van der Waals surface area contributed by atoms with Crippen molar-refractivity contribution in [3.63, 3.8) is 0 Å². The molecule has 0 saturated carbocycles. The molecule has 6 nitrogen and oxygen atoms in total. The fourth-order valence-corrected chi connectivity index (χ4v) is 3.27. The summed E-state index contributed by atoms with van der Waals surface area (Å²) in [6, 6.07) is 8.96. The molecule has 0 aliphatic carbocycles. The molecule has 0 fully saturated rings. The van der Waals surface area contributed by atoms with E-state index in [9.17, 15) is 9.59 Å². The third-order valence-electron chi connectivity index (χ3n) is 3.16. The summed E-state index contributed by atoms with van der Waals surface area (Å²) in [5, 5.41) is 7.60. The van der Waals surface area contributed by atoms with Gasteiger partial charge in [-0.3, -0.25) is 4.79 Å². The van der Waals surface area contributed by atoms with Gasteiger partial charge in [0, 0.05) is 16.2 Å². The summed E-state index contributed by atoms with van der Waals surface area (Å²) in [7, 11) is 0. The van der Waals surface area contributed by atoms with Crippen LogP contribution in [-0.2, 0) is 4.74 Å². The third kappa shape index (κ3) is 2.95. The van der Waals surface area contributed by atoms with Gasteiger partial charge in [-0.1, -0.05) is 23.4 Å². The minimum absolute atomic E-state index is 0.162. The summed E-state index contributed by atoms with van der Waals surface area (Å²) in [5.74, 6) is -0.354. The molecular formula is C16H14N2O4S. The monoisotopic (exact) mass is 330 g/mol. The summed E-state index contributed by atoms with van der Waals surface area (Å²) in [6.07, 6.45) is 0. The van der Waals surface area contributed by atoms with Crippen LogP contribution >= 0.6 is 11.3 Å². The second kappa shape index (κ2) is 6.21. The highest BCUT2D eigenvalue weighted by Gasteiger charge is 2.22. The molecule has 3 rings (SSSR count). The van der Waals surface area contributed by atoms with E-state index in [0.29, 0.717) is 16.3 Å². The number of nitrogens with zero attached hydrogens (tertiary/aromatic N) is 1. The van der Waals surface area contributed by atoms with Gasteiger partial charge in [-0.2, -0.15) is 0 Å². The van der Waals surface area contributed by atoms with Gasteiger partial charge in [0.05, 0.1) is 6.61 Å². The normalized spacial score (nSPS) is 10.7. The minimum Gasteiger partial charge on any atom is -0.462 e. The van der Waals surface area contributed by atoms with Crippen molar-refractivity contribution in [2.75, 3.05) is 11.9 Å². The fourth-order valence-electron chi connectivity index (χ4n) is 2.18. The van der Waals surface area contributed by atoms with E-state index in [2.05, 4.69) is 10.5 Å². The fraction of sp³-hybridized carbons (Fsp3) is 0.188. The van der Waals surface area contributed by atoms with E-state index >= 15 is 0 Å². The summed E-state index contributed by atoms with van der Waals surface area (Å²) in [6.45, 7) is 3.70. The summed E-state index contributed by atoms with van der Waals surface area (Å²) >= 11 is 1.32. The summed E-state index contributed by atoms with van der Waals surface area (Å²) < 4.78 is 10.9. The number of rotatable bonds is 4. The number of aromatic nitrogens is 1. The van der Waals surface area contributed by atoms with E-state index in [1.54, 1.807) is 13.8 Å². The average Bonchev–Trinajstić information content (AvgIpc) is 3.10. The Hall–Kier alpha value is -2.67. The number of hydrogen-bond acceptors (Lipinski definition) is 6. The lowest BCUT2D eigenvalue weighted by Crippen LogP contribution is -2.14. The number of nitrogens with one attached hydrogen (secondary N) is 1. The SMILES string of the molecule is CCOC(=O)c1c(NC(=O)c2cc(C)on2)sc2ccccc12. The number of esters is 1. The number of aryl methyl sites for hydroxylation is 1. The van der Waals surface area contributed by atoms with Crippen molar-refractivity contribution >= 4 is 38.3 Å². The Bertz CT molecular complexity index is 881. The van der Waals surface area contributed by atoms with Gasteiger partial charge in [0.1, 0.15) is 16.3 Å². The highest BCUT2D eigenvalue weighted by atomic mass is 32.1. The molecule has 0 bridgehead atoms. The summed E-state index contributed by atoms with van der Waals surface area (Å²) in [4.78, 5) is 24.5. The molecule has 23 heavy (non-hydrogen) atoms. The number of hydrogen-bond donors (Lipinski definition) is 1. The first-order valence-corrected chi connectivity index (χ1v) is 7.85. The van der Waals surface area contributed by atoms with Crippen LogP contribution in [0.15, 0.2) is 34.9 Å². The van der Waals surface area contributed by atoms with Gasteiger partial charge >= 0.3 is 5.97 Å². The van der Waals surface area contributed by atoms with Crippen LogP contribution in [-0.4, -0.2) is 23.6 Å². The first kappa shape index (κ1) is 15.2. The van der Waals surface area contributed by atoms with Gasteiger partial charge in [-0.05, 0) is 19.9 Å². The molecule has 2 heterocycles. The maximum Gasteiger partial charge on any atom is 0.341 e. The van der Waals surface area contributed by atoms with Crippen molar-refractivity contribution < 1.29 is 18.8 Å². The summed E-state index contributed by atoms with van der Waals surface area (Å²) in [5.41, 5.74) is 0.524. The number of thiophene rings is 1. The smallest absolute Gasteiger partial charge is 0.341 e. The van der Waals surface area contributed by atoms with Gasteiger partial charge in [0.25, 0.3) is 5.91 Å². The van der Waals surface area contributed by atoms with E-state index in [4.69, 9.17) is 9.26 Å². The van der Waals surface area contributed by atoms with E-state index in [1.165, 1.54) is 17.4 Å². The molecule has 2 aromatic heterocycles. The largest absolute Gasteiger partial charge is 0.462 e. The molecule has 1 N–H and O–H groups in total. The molecule has 0 atom stereocenters. The van der Waals surface area contributed by atoms with Crippen molar-refractivity contribution in [3.8, 4) is 0 Å². The van der Waals surface area contributed by atoms with Gasteiger partial charge in [-0.15, -0.1) is 11.3 Å². The molecule has 3 aromatic rings. The Morgan fingerprint density at radius 2 is 2.13 bits per heavy atom. The van der Waals surface area contributed by atoms with E-state index in [0.717, 1.165) is 10.1 Å². The minimum atomic E-state index is -0.461. The zero-order chi connectivity index (χ0) is 16.4. The van der Waals surface area contributed by atoms with Crippen molar-refractivity contribution in [2.24, 2.45) is 0 Å². The van der Waals surface area contributed by atoms with Gasteiger partial charge < -0.3 is 14.6 Å². The molecule has 0 aliphatic rings. The number of anilines is 1. The van der Waals surface area contributed by atoms with Gasteiger partial charge in [0.2, 0.25) is 0 Å². The molecule has 1 aromatic carbocycles. The first-order valence-electron chi connectivity index (χ1n) is 7.03. The molecule has 0 aliphatic heterocycles. The Morgan fingerprint density at radius 1 is 1.35 bits per heavy atom.